The van der Waals surface area contributed by atoms with Crippen molar-refractivity contribution in [1.82, 2.24) is 0 Å². The van der Waals surface area contributed by atoms with Gasteiger partial charge in [0.15, 0.2) is 0 Å². The monoisotopic (exact) mass is 731 g/mol. The Hall–Kier alpha value is -2.79. The average Bonchev–Trinajstić information content (AvgIpc) is 2.86. The number of thiocarbonyl (C=S) groups is 1. The van der Waals surface area contributed by atoms with Crippen LogP contribution in [0.15, 0.2) is 109 Å². The van der Waals surface area contributed by atoms with Crippen LogP contribution in [0.4, 0.5) is 5.69 Å². The van der Waals surface area contributed by atoms with Gasteiger partial charge in [-0.05, 0) is 47.5 Å². The van der Waals surface area contributed by atoms with Gasteiger partial charge in [0.25, 0.3) is 0 Å². The summed E-state index contributed by atoms with van der Waals surface area (Å²) in [5, 5.41) is 24.5. The summed E-state index contributed by atoms with van der Waals surface area (Å²) in [6, 6.07) is 31.5. The molecule has 0 aliphatic rings. The van der Waals surface area contributed by atoms with E-state index in [0.717, 1.165) is 16.2 Å². The molecule has 2 radical (unpaired) electrons. The minimum Gasteiger partial charge on any atom is -0.545 e. The molecular weight excluding hydrogens is 712 g/mol. The molecule has 4 rings (SSSR count). The van der Waals surface area contributed by atoms with Crippen LogP contribution in [0.3, 0.4) is 0 Å². The number of carbonyl (C=O) groups is 2. The molecule has 0 saturated carbocycles. The Balaban J connectivity index is 0.000000276. The van der Waals surface area contributed by atoms with Gasteiger partial charge in [0.2, 0.25) is 0 Å². The fraction of sp³-hybridized carbons (Fsp3) is 0. The van der Waals surface area contributed by atoms with Crippen LogP contribution in [0.25, 0.3) is 0 Å². The molecule has 0 spiro atoms. The number of aromatic carboxylic acids is 2. The molecule has 9 heteroatoms. The first-order valence-corrected chi connectivity index (χ1v) is 11.3. The van der Waals surface area contributed by atoms with E-state index in [0.29, 0.717) is 10.0 Å². The Morgan fingerprint density at radius 1 is 0.583 bits per heavy atom. The maximum atomic E-state index is 10.2. The van der Waals surface area contributed by atoms with Crippen molar-refractivity contribution in [3.05, 3.63) is 136 Å². The van der Waals surface area contributed by atoms with Gasteiger partial charge in [0.1, 0.15) is 4.99 Å². The van der Waals surface area contributed by atoms with Crippen molar-refractivity contribution in [2.75, 3.05) is 5.32 Å². The zero-order chi connectivity index (χ0) is 25.6. The maximum absolute atomic E-state index is 10.2. The van der Waals surface area contributed by atoms with E-state index in [-0.39, 0.29) is 38.4 Å². The van der Waals surface area contributed by atoms with Crippen molar-refractivity contribution in [3.8, 4) is 0 Å². The van der Waals surface area contributed by atoms with Crippen LogP contribution in [0.5, 0.6) is 0 Å². The first kappa shape index (κ1) is 31.2. The molecule has 0 atom stereocenters. The minimum absolute atomic E-state index is 0. The number of para-hydroxylation sites is 1. The van der Waals surface area contributed by atoms with Gasteiger partial charge in [-0.3, -0.25) is 0 Å². The maximum Gasteiger partial charge on any atom is 2.00 e. The molecule has 1 N–H and O–H groups in total. The number of hydrogen-bond donors (Lipinski definition) is 1. The third-order valence-electron chi connectivity index (χ3n) is 4.23. The Morgan fingerprint density at radius 3 is 1.31 bits per heavy atom. The molecule has 0 bridgehead atoms. The summed E-state index contributed by atoms with van der Waals surface area (Å²) < 4.78 is 0. The molecule has 0 aliphatic carbocycles. The molecule has 180 valence electrons. The average molecular weight is 732 g/mol. The number of hydrogen-bond acceptors (Lipinski definition) is 5. The third-order valence-corrected chi connectivity index (χ3v) is 5.07. The minimum atomic E-state index is -1.18. The van der Waals surface area contributed by atoms with E-state index >= 15 is 0 Å². The molecule has 4 aromatic rings. The number of rotatable bonds is 4. The summed E-state index contributed by atoms with van der Waals surface area (Å²) in [6.45, 7) is 0. The van der Waals surface area contributed by atoms with Gasteiger partial charge in [0.05, 0.1) is 11.9 Å². The van der Waals surface area contributed by atoms with Crippen molar-refractivity contribution < 1.29 is 19.8 Å². The first-order valence-electron chi connectivity index (χ1n) is 10.1. The van der Waals surface area contributed by atoms with E-state index in [2.05, 4.69) is 5.32 Å². The molecule has 5 nitrogen and oxygen atoms in total. The summed E-state index contributed by atoms with van der Waals surface area (Å²) in [6.07, 6.45) is 0. The summed E-state index contributed by atoms with van der Waals surface area (Å²) >= 11 is 16.3. The third kappa shape index (κ3) is 11.8. The van der Waals surface area contributed by atoms with E-state index in [1.807, 2.05) is 60.7 Å². The van der Waals surface area contributed by atoms with Crippen molar-refractivity contribution >= 4 is 85.3 Å². The van der Waals surface area contributed by atoms with E-state index < -0.39 is 11.9 Å². The van der Waals surface area contributed by atoms with E-state index in [1.165, 1.54) is 48.5 Å². The van der Waals surface area contributed by atoms with Crippen molar-refractivity contribution in [3.63, 3.8) is 0 Å². The zero-order valence-electron chi connectivity index (χ0n) is 18.7. The van der Waals surface area contributed by atoms with Crippen LogP contribution in [0, 0.1) is 0 Å². The fourth-order valence-electron chi connectivity index (χ4n) is 2.49. The Kier molecular flexibility index (Phi) is 14.6. The summed E-state index contributed by atoms with van der Waals surface area (Å²) in [4.78, 5) is 21.1. The molecule has 0 unspecified atom stereocenters. The van der Waals surface area contributed by atoms with Crippen LogP contribution in [-0.2, 0) is 0 Å². The molecule has 36 heavy (non-hydrogen) atoms. The predicted molar refractivity (Wildman–Crippen MR) is 146 cm³/mol. The number of nitrogens with one attached hydrogen (secondary N) is 1. The van der Waals surface area contributed by atoms with Gasteiger partial charge in [0, 0.05) is 21.3 Å². The van der Waals surface area contributed by atoms with Crippen LogP contribution in [0.2, 0.25) is 10.0 Å². The Labute approximate surface area is 244 Å². The van der Waals surface area contributed by atoms with Crippen LogP contribution >= 0.6 is 35.4 Å². The number of benzene rings is 4. The van der Waals surface area contributed by atoms with Gasteiger partial charge in [-0.1, -0.05) is 108 Å². The Morgan fingerprint density at radius 2 is 0.944 bits per heavy atom. The standard InChI is InChI=1S/C13H11NS.2C7H5ClO2.Pb/c15-13(11-7-3-1-4-8-11)14-12-9-5-2-6-10-12;2*8-6-3-1-5(2-4-6)7(9)10;/h1-10H,(H,14,15);2*1-4H,(H,9,10);/q;;;+2/p-2. The summed E-state index contributed by atoms with van der Waals surface area (Å²) in [5.41, 5.74) is 2.34. The van der Waals surface area contributed by atoms with Gasteiger partial charge in [-0.15, -0.1) is 0 Å². The number of carboxylic acid groups (broad SMARTS) is 2. The second kappa shape index (κ2) is 16.8. The molecule has 0 aliphatic heterocycles. The molecule has 4 aromatic carbocycles. The van der Waals surface area contributed by atoms with Crippen molar-refractivity contribution in [2.24, 2.45) is 0 Å². The fourth-order valence-corrected chi connectivity index (χ4v) is 2.99. The zero-order valence-corrected chi connectivity index (χ0v) is 24.9. The molecular formula is C27H19Cl2NO4PbS. The first-order chi connectivity index (χ1) is 16.8. The quantitative estimate of drug-likeness (QED) is 0.246. The van der Waals surface area contributed by atoms with Crippen LogP contribution in [0.1, 0.15) is 26.3 Å². The SMILES string of the molecule is O=C([O-])c1ccc(Cl)cc1.O=C([O-])c1ccc(Cl)cc1.S=C(Nc1ccccc1)c1ccccc1.[Pb+2]. The predicted octanol–water partition coefficient (Wildman–Crippen LogP) is 4.50. The van der Waals surface area contributed by atoms with Crippen molar-refractivity contribution in [2.45, 2.75) is 0 Å². The number of carbonyl (C=O) groups excluding carboxylic acids is 2. The molecule has 0 amide bonds. The van der Waals surface area contributed by atoms with Crippen LogP contribution in [-0.4, -0.2) is 44.2 Å². The van der Waals surface area contributed by atoms with E-state index in [9.17, 15) is 19.8 Å². The molecule has 0 saturated heterocycles. The number of halogens is 2. The van der Waals surface area contributed by atoms with E-state index in [4.69, 9.17) is 35.4 Å². The normalized spacial score (nSPS) is 9.17. The van der Waals surface area contributed by atoms with Gasteiger partial charge < -0.3 is 25.1 Å². The van der Waals surface area contributed by atoms with Gasteiger partial charge >= 0.3 is 27.3 Å². The molecule has 0 fully saturated rings. The summed E-state index contributed by atoms with van der Waals surface area (Å²) in [5.74, 6) is -2.37. The Bertz CT molecular complexity index is 1190. The molecule has 0 heterocycles. The second-order valence-corrected chi connectivity index (χ2v) is 8.06. The molecule has 0 aromatic heterocycles. The smallest absolute Gasteiger partial charge is 0.545 e. The van der Waals surface area contributed by atoms with Crippen molar-refractivity contribution in [1.29, 1.82) is 0 Å². The number of anilines is 1. The largest absolute Gasteiger partial charge is 2.00 e. The van der Waals surface area contributed by atoms with E-state index in [1.54, 1.807) is 0 Å². The summed E-state index contributed by atoms with van der Waals surface area (Å²) in [7, 11) is 0. The second-order valence-electron chi connectivity index (χ2n) is 6.77. The van der Waals surface area contributed by atoms with Gasteiger partial charge in [-0.2, -0.15) is 0 Å². The van der Waals surface area contributed by atoms with Gasteiger partial charge in [-0.25, -0.2) is 0 Å². The topological polar surface area (TPSA) is 92.3 Å². The number of carboxylic acids is 2. The van der Waals surface area contributed by atoms with Crippen LogP contribution < -0.4 is 15.5 Å².